The summed E-state index contributed by atoms with van der Waals surface area (Å²) in [4.78, 5) is 27.6. The fraction of sp³-hybridized carbons (Fsp3) is 0.185. The fourth-order valence-electron chi connectivity index (χ4n) is 4.10. The molecule has 4 rings (SSSR count). The largest absolute Gasteiger partial charge is 0.354 e. The van der Waals surface area contributed by atoms with Gasteiger partial charge >= 0.3 is 6.03 Å². The van der Waals surface area contributed by atoms with Crippen molar-refractivity contribution in [2.24, 2.45) is 0 Å². The number of aromatic amines is 1. The predicted molar refractivity (Wildman–Crippen MR) is 132 cm³/mol. The summed E-state index contributed by atoms with van der Waals surface area (Å²) >= 11 is 0. The zero-order valence-electron chi connectivity index (χ0n) is 18.8. The van der Waals surface area contributed by atoms with Gasteiger partial charge in [0.15, 0.2) is 0 Å². The Balaban J connectivity index is 1.75. The molecule has 3 aromatic carbocycles. The van der Waals surface area contributed by atoms with Crippen LogP contribution < -0.4 is 16.0 Å². The highest BCUT2D eigenvalue weighted by atomic mass is 16.2. The van der Waals surface area contributed by atoms with Crippen molar-refractivity contribution in [1.82, 2.24) is 20.9 Å². The van der Waals surface area contributed by atoms with E-state index in [0.717, 1.165) is 27.7 Å². The molecule has 0 bridgehead atoms. The number of imide groups is 1. The zero-order chi connectivity index (χ0) is 23.2. The van der Waals surface area contributed by atoms with E-state index < -0.39 is 12.1 Å². The molecule has 0 aliphatic carbocycles. The van der Waals surface area contributed by atoms with Gasteiger partial charge in [-0.2, -0.15) is 0 Å². The van der Waals surface area contributed by atoms with E-state index >= 15 is 0 Å². The lowest BCUT2D eigenvalue weighted by Crippen LogP contribution is -2.48. The molecule has 0 spiro atoms. The average Bonchev–Trinajstić information content (AvgIpc) is 3.24. The second kappa shape index (κ2) is 10.1. The Morgan fingerprint density at radius 2 is 1.52 bits per heavy atom. The van der Waals surface area contributed by atoms with Crippen LogP contribution in [0.15, 0.2) is 84.9 Å². The van der Waals surface area contributed by atoms with Gasteiger partial charge < -0.3 is 15.6 Å². The number of H-pyrrole nitrogens is 1. The van der Waals surface area contributed by atoms with Crippen LogP contribution >= 0.6 is 0 Å². The Kier molecular flexibility index (Phi) is 6.86. The summed E-state index contributed by atoms with van der Waals surface area (Å²) in [6.07, 6.45) is 0. The van der Waals surface area contributed by atoms with E-state index in [2.05, 4.69) is 57.3 Å². The maximum atomic E-state index is 12.4. The number of carbonyl (C=O) groups is 2. The Hall–Kier alpha value is -3.90. The lowest BCUT2D eigenvalue weighted by Gasteiger charge is -2.22. The number of amides is 3. The average molecular weight is 441 g/mol. The molecule has 2 atom stereocenters. The van der Waals surface area contributed by atoms with E-state index in [4.69, 9.17) is 0 Å². The number of hydrogen-bond donors (Lipinski definition) is 4. The minimum atomic E-state index is -0.543. The Morgan fingerprint density at radius 3 is 2.21 bits per heavy atom. The molecule has 4 aromatic rings. The van der Waals surface area contributed by atoms with Crippen molar-refractivity contribution in [1.29, 1.82) is 0 Å². The third-order valence-electron chi connectivity index (χ3n) is 5.84. The number of rotatable bonds is 7. The van der Waals surface area contributed by atoms with Crippen LogP contribution in [0.4, 0.5) is 4.79 Å². The van der Waals surface area contributed by atoms with Crippen molar-refractivity contribution < 1.29 is 9.59 Å². The third kappa shape index (κ3) is 4.96. The molecule has 0 saturated heterocycles. The molecular formula is C27H28N4O2. The lowest BCUT2D eigenvalue weighted by atomic mass is 9.87. The molecule has 33 heavy (non-hydrogen) atoms. The molecule has 0 fully saturated rings. The normalized spacial score (nSPS) is 12.8. The van der Waals surface area contributed by atoms with Gasteiger partial charge in [-0.1, -0.05) is 78.9 Å². The number of benzene rings is 3. The van der Waals surface area contributed by atoms with Crippen molar-refractivity contribution >= 4 is 22.8 Å². The van der Waals surface area contributed by atoms with E-state index in [1.807, 2.05) is 48.5 Å². The van der Waals surface area contributed by atoms with Crippen molar-refractivity contribution in [3.63, 3.8) is 0 Å². The standard InChI is InChI=1S/C27H28N4O2/c1-18(26(32)31-27(33)28-2)29-17-22(19-11-5-3-6-12-19)24-21-15-9-10-16-23(21)30-25(24)20-13-7-4-8-14-20/h3-16,18,22,29-30H,17H2,1-2H3,(H2,28,31,32,33)/t18-,22-/m1/s1. The van der Waals surface area contributed by atoms with Crippen LogP contribution in [-0.2, 0) is 4.79 Å². The quantitative estimate of drug-likeness (QED) is 0.344. The lowest BCUT2D eigenvalue weighted by molar-refractivity contribution is -0.121. The van der Waals surface area contributed by atoms with Gasteiger partial charge in [-0.15, -0.1) is 0 Å². The highest BCUT2D eigenvalue weighted by molar-refractivity contribution is 5.96. The Labute approximate surface area is 193 Å². The molecule has 168 valence electrons. The first-order valence-electron chi connectivity index (χ1n) is 11.1. The SMILES string of the molecule is CNC(=O)NC(=O)[C@@H](C)NC[C@H](c1ccccc1)c1c(-c2ccccc2)[nH]c2ccccc12. The molecule has 6 heteroatoms. The zero-order valence-corrected chi connectivity index (χ0v) is 18.8. The van der Waals surface area contributed by atoms with Gasteiger partial charge in [-0.3, -0.25) is 10.1 Å². The number of fused-ring (bicyclic) bond motifs is 1. The molecule has 0 saturated carbocycles. The molecule has 0 radical (unpaired) electrons. The highest BCUT2D eigenvalue weighted by Crippen LogP contribution is 2.38. The predicted octanol–water partition coefficient (Wildman–Crippen LogP) is 4.40. The molecule has 0 unspecified atom stereocenters. The van der Waals surface area contributed by atoms with Gasteiger partial charge in [0.25, 0.3) is 0 Å². The van der Waals surface area contributed by atoms with Crippen molar-refractivity contribution in [3.8, 4) is 11.3 Å². The van der Waals surface area contributed by atoms with Gasteiger partial charge in [0, 0.05) is 30.4 Å². The van der Waals surface area contributed by atoms with Crippen molar-refractivity contribution in [2.75, 3.05) is 13.6 Å². The molecule has 0 aliphatic heterocycles. The van der Waals surface area contributed by atoms with E-state index in [9.17, 15) is 9.59 Å². The summed E-state index contributed by atoms with van der Waals surface area (Å²) in [5.41, 5.74) is 5.56. The maximum absolute atomic E-state index is 12.4. The number of carbonyl (C=O) groups excluding carboxylic acids is 2. The van der Waals surface area contributed by atoms with Gasteiger partial charge in [0.1, 0.15) is 0 Å². The van der Waals surface area contributed by atoms with E-state index in [1.54, 1.807) is 6.92 Å². The minimum Gasteiger partial charge on any atom is -0.354 e. The van der Waals surface area contributed by atoms with Gasteiger partial charge in [-0.05, 0) is 29.7 Å². The summed E-state index contributed by atoms with van der Waals surface area (Å²) in [6, 6.07) is 27.8. The topological polar surface area (TPSA) is 86.0 Å². The summed E-state index contributed by atoms with van der Waals surface area (Å²) in [5, 5.41) is 9.23. The molecule has 1 heterocycles. The molecule has 1 aromatic heterocycles. The molecule has 3 amide bonds. The van der Waals surface area contributed by atoms with Crippen LogP contribution in [-0.4, -0.2) is 36.6 Å². The smallest absolute Gasteiger partial charge is 0.321 e. The second-order valence-electron chi connectivity index (χ2n) is 7.99. The van der Waals surface area contributed by atoms with Crippen LogP contribution in [0.5, 0.6) is 0 Å². The first-order chi connectivity index (χ1) is 16.1. The third-order valence-corrected chi connectivity index (χ3v) is 5.84. The van der Waals surface area contributed by atoms with Crippen LogP contribution in [0.25, 0.3) is 22.2 Å². The van der Waals surface area contributed by atoms with Crippen LogP contribution in [0, 0.1) is 0 Å². The van der Waals surface area contributed by atoms with Crippen LogP contribution in [0.1, 0.15) is 24.0 Å². The van der Waals surface area contributed by atoms with E-state index in [1.165, 1.54) is 12.6 Å². The van der Waals surface area contributed by atoms with Gasteiger partial charge in [0.2, 0.25) is 5.91 Å². The monoisotopic (exact) mass is 440 g/mol. The maximum Gasteiger partial charge on any atom is 0.321 e. The molecule has 6 nitrogen and oxygen atoms in total. The van der Waals surface area contributed by atoms with Gasteiger partial charge in [-0.25, -0.2) is 4.79 Å². The van der Waals surface area contributed by atoms with Crippen LogP contribution in [0.3, 0.4) is 0 Å². The first-order valence-corrected chi connectivity index (χ1v) is 11.1. The summed E-state index contributed by atoms with van der Waals surface area (Å²) < 4.78 is 0. The summed E-state index contributed by atoms with van der Waals surface area (Å²) in [5.74, 6) is -0.392. The first kappa shape index (κ1) is 22.3. The molecular weight excluding hydrogens is 412 g/mol. The summed E-state index contributed by atoms with van der Waals surface area (Å²) in [7, 11) is 1.48. The highest BCUT2D eigenvalue weighted by Gasteiger charge is 2.25. The number of urea groups is 1. The Bertz CT molecular complexity index is 1230. The van der Waals surface area contributed by atoms with E-state index in [-0.39, 0.29) is 11.8 Å². The fourth-order valence-corrected chi connectivity index (χ4v) is 4.10. The number of nitrogens with one attached hydrogen (secondary N) is 4. The van der Waals surface area contributed by atoms with E-state index in [0.29, 0.717) is 6.54 Å². The van der Waals surface area contributed by atoms with Crippen molar-refractivity contribution in [2.45, 2.75) is 18.9 Å². The Morgan fingerprint density at radius 1 is 0.879 bits per heavy atom. The number of para-hydroxylation sites is 1. The van der Waals surface area contributed by atoms with Gasteiger partial charge in [0.05, 0.1) is 11.7 Å². The number of aromatic nitrogens is 1. The molecule has 4 N–H and O–H groups in total. The second-order valence-corrected chi connectivity index (χ2v) is 7.99. The molecule has 0 aliphatic rings. The van der Waals surface area contributed by atoms with Crippen molar-refractivity contribution in [3.05, 3.63) is 96.1 Å². The summed E-state index contributed by atoms with van der Waals surface area (Å²) in [6.45, 7) is 2.28. The number of hydrogen-bond acceptors (Lipinski definition) is 3. The minimum absolute atomic E-state index is 0.0205. The van der Waals surface area contributed by atoms with Crippen LogP contribution in [0.2, 0.25) is 0 Å².